The van der Waals surface area contributed by atoms with Crippen molar-refractivity contribution in [2.75, 3.05) is 6.26 Å². The van der Waals surface area contributed by atoms with Gasteiger partial charge in [-0.1, -0.05) is 25.0 Å². The second-order valence-corrected chi connectivity index (χ2v) is 9.06. The largest absolute Gasteiger partial charge is 0.391 e. The lowest BCUT2D eigenvalue weighted by molar-refractivity contribution is 0.0740. The molecule has 0 bridgehead atoms. The molecule has 0 radical (unpaired) electrons. The lowest BCUT2D eigenvalue weighted by atomic mass is 9.92. The molecule has 4 aromatic rings. The van der Waals surface area contributed by atoms with Gasteiger partial charge in [0, 0.05) is 34.7 Å². The number of thioether (sulfide) groups is 1. The van der Waals surface area contributed by atoms with E-state index in [9.17, 15) is 9.90 Å². The first kappa shape index (κ1) is 20.2. The molecule has 5 rings (SSSR count). The fraction of sp³-hybridized carbons (Fsp3) is 0.320. The number of fused-ring (bicyclic) bond motifs is 3. The highest BCUT2D eigenvalue weighted by molar-refractivity contribution is 7.98. The van der Waals surface area contributed by atoms with Crippen LogP contribution < -0.4 is 5.56 Å². The highest BCUT2D eigenvalue weighted by Gasteiger charge is 2.26. The molecule has 0 aliphatic heterocycles. The van der Waals surface area contributed by atoms with E-state index in [0.717, 1.165) is 58.1 Å². The summed E-state index contributed by atoms with van der Waals surface area (Å²) < 4.78 is 1.74. The lowest BCUT2D eigenvalue weighted by Crippen LogP contribution is -2.34. The summed E-state index contributed by atoms with van der Waals surface area (Å²) in [5.74, 6) is 0. The molecule has 2 atom stereocenters. The van der Waals surface area contributed by atoms with Gasteiger partial charge >= 0.3 is 0 Å². The van der Waals surface area contributed by atoms with Gasteiger partial charge in [0.05, 0.1) is 22.7 Å². The molecule has 1 aromatic carbocycles. The maximum atomic E-state index is 13.5. The zero-order valence-corrected chi connectivity index (χ0v) is 18.3. The number of benzene rings is 1. The number of hydrogen-bond acceptors (Lipinski definition) is 5. The topological polar surface area (TPSA) is 68.0 Å². The Labute approximate surface area is 185 Å². The molecular weight excluding hydrogens is 406 g/mol. The maximum absolute atomic E-state index is 13.5. The Morgan fingerprint density at radius 1 is 1.10 bits per heavy atom. The zero-order valence-electron chi connectivity index (χ0n) is 17.5. The van der Waals surface area contributed by atoms with Crippen LogP contribution in [-0.4, -0.2) is 32.0 Å². The molecule has 158 valence electrons. The van der Waals surface area contributed by atoms with Crippen molar-refractivity contribution in [1.29, 1.82) is 0 Å². The summed E-state index contributed by atoms with van der Waals surface area (Å²) in [6.07, 6.45) is 11.4. The molecule has 1 fully saturated rings. The number of rotatable bonds is 4. The molecule has 1 aliphatic carbocycles. The molecule has 0 spiro atoms. The first-order valence-corrected chi connectivity index (χ1v) is 12.0. The van der Waals surface area contributed by atoms with Crippen molar-refractivity contribution < 1.29 is 5.11 Å². The van der Waals surface area contributed by atoms with Crippen LogP contribution >= 0.6 is 11.8 Å². The second-order valence-electron chi connectivity index (χ2n) is 8.23. The van der Waals surface area contributed by atoms with Gasteiger partial charge in [-0.3, -0.25) is 9.78 Å². The van der Waals surface area contributed by atoms with Gasteiger partial charge in [0.25, 0.3) is 5.56 Å². The molecule has 0 saturated heterocycles. The molecule has 1 aliphatic rings. The van der Waals surface area contributed by atoms with Crippen molar-refractivity contribution in [3.8, 4) is 0 Å². The van der Waals surface area contributed by atoms with E-state index in [2.05, 4.69) is 22.1 Å². The summed E-state index contributed by atoms with van der Waals surface area (Å²) in [5, 5.41) is 14.1. The smallest absolute Gasteiger partial charge is 0.258 e. The lowest BCUT2D eigenvalue weighted by Gasteiger charge is -2.29. The van der Waals surface area contributed by atoms with Gasteiger partial charge in [0.2, 0.25) is 0 Å². The van der Waals surface area contributed by atoms with Crippen molar-refractivity contribution >= 4 is 33.4 Å². The molecular formula is C25H25N3O2S. The number of aromatic nitrogens is 3. The van der Waals surface area contributed by atoms with Gasteiger partial charge in [-0.2, -0.15) is 0 Å². The Kier molecular flexibility index (Phi) is 5.50. The first-order valence-electron chi connectivity index (χ1n) is 10.7. The van der Waals surface area contributed by atoms with E-state index in [0.29, 0.717) is 11.8 Å². The van der Waals surface area contributed by atoms with Crippen LogP contribution in [-0.2, 0) is 6.42 Å². The molecule has 6 heteroatoms. The number of aliphatic hydroxyl groups is 1. The zero-order chi connectivity index (χ0) is 21.4. The molecule has 0 unspecified atom stereocenters. The standard InChI is InChI=1S/C25H25N3O2S/c1-31-23-9-8-16(15-27-23)13-17-14-20-19(24-18(17)5-4-11-26-24)10-12-28(25(20)30)21-6-2-3-7-22(21)29/h4-5,8-12,14-15,21-22,29H,2-3,6-7,13H2,1H3/t21-,22-/m0/s1. The Balaban J connectivity index is 1.67. The van der Waals surface area contributed by atoms with Crippen molar-refractivity contribution in [2.45, 2.75) is 49.3 Å². The minimum atomic E-state index is -0.469. The van der Waals surface area contributed by atoms with E-state index >= 15 is 0 Å². The van der Waals surface area contributed by atoms with E-state index in [1.807, 2.05) is 42.9 Å². The maximum Gasteiger partial charge on any atom is 0.258 e. The molecule has 1 N–H and O–H groups in total. The SMILES string of the molecule is CSc1ccc(Cc2cc3c(=O)n([C@H]4CCCC[C@@H]4O)ccc3c3ncccc23)cn1. The second kappa shape index (κ2) is 8.44. The normalized spacial score (nSPS) is 19.2. The predicted molar refractivity (Wildman–Crippen MR) is 126 cm³/mol. The van der Waals surface area contributed by atoms with E-state index in [4.69, 9.17) is 0 Å². The summed E-state index contributed by atoms with van der Waals surface area (Å²) in [7, 11) is 0. The molecule has 3 heterocycles. The fourth-order valence-corrected chi connectivity index (χ4v) is 5.09. The van der Waals surface area contributed by atoms with Gasteiger partial charge in [0.15, 0.2) is 0 Å². The fourth-order valence-electron chi connectivity index (χ4n) is 4.72. The predicted octanol–water partition coefficient (Wildman–Crippen LogP) is 4.73. The monoisotopic (exact) mass is 431 g/mol. The average Bonchev–Trinajstić information content (AvgIpc) is 2.81. The van der Waals surface area contributed by atoms with Crippen LogP contribution in [0.25, 0.3) is 21.7 Å². The van der Waals surface area contributed by atoms with Crippen molar-refractivity contribution in [1.82, 2.24) is 14.5 Å². The highest BCUT2D eigenvalue weighted by atomic mass is 32.2. The third-order valence-corrected chi connectivity index (χ3v) is 7.00. The number of hydrogen-bond donors (Lipinski definition) is 1. The van der Waals surface area contributed by atoms with E-state index in [-0.39, 0.29) is 11.6 Å². The van der Waals surface area contributed by atoms with Crippen LogP contribution in [0, 0.1) is 0 Å². The summed E-state index contributed by atoms with van der Waals surface area (Å²) in [4.78, 5) is 22.6. The van der Waals surface area contributed by atoms with Gasteiger partial charge in [0.1, 0.15) is 0 Å². The van der Waals surface area contributed by atoms with Gasteiger partial charge in [-0.15, -0.1) is 11.8 Å². The van der Waals surface area contributed by atoms with Gasteiger partial charge in [-0.05, 0) is 60.9 Å². The van der Waals surface area contributed by atoms with Crippen LogP contribution in [0.15, 0.2) is 64.8 Å². The van der Waals surface area contributed by atoms with Crippen molar-refractivity contribution in [3.63, 3.8) is 0 Å². The molecule has 31 heavy (non-hydrogen) atoms. The summed E-state index contributed by atoms with van der Waals surface area (Å²) in [6.45, 7) is 0. The third kappa shape index (κ3) is 3.75. The van der Waals surface area contributed by atoms with E-state index in [1.54, 1.807) is 22.5 Å². The minimum Gasteiger partial charge on any atom is -0.391 e. The van der Waals surface area contributed by atoms with Crippen LogP contribution in [0.5, 0.6) is 0 Å². The highest BCUT2D eigenvalue weighted by Crippen LogP contribution is 2.31. The molecule has 0 amide bonds. The first-order chi connectivity index (χ1) is 15.2. The Morgan fingerprint density at radius 3 is 2.74 bits per heavy atom. The number of pyridine rings is 3. The Morgan fingerprint density at radius 2 is 1.97 bits per heavy atom. The quantitative estimate of drug-likeness (QED) is 0.374. The number of nitrogens with zero attached hydrogens (tertiary/aromatic N) is 3. The minimum absolute atomic E-state index is 0.0480. The average molecular weight is 432 g/mol. The van der Waals surface area contributed by atoms with Crippen molar-refractivity contribution in [3.05, 3.63) is 76.5 Å². The van der Waals surface area contributed by atoms with E-state index in [1.165, 1.54) is 0 Å². The van der Waals surface area contributed by atoms with Crippen LogP contribution in [0.3, 0.4) is 0 Å². The van der Waals surface area contributed by atoms with E-state index < -0.39 is 6.10 Å². The van der Waals surface area contributed by atoms with Gasteiger partial charge < -0.3 is 9.67 Å². The molecule has 3 aromatic heterocycles. The third-order valence-electron chi connectivity index (χ3n) is 6.34. The van der Waals surface area contributed by atoms with Gasteiger partial charge in [-0.25, -0.2) is 4.98 Å². The van der Waals surface area contributed by atoms with Crippen molar-refractivity contribution in [2.24, 2.45) is 0 Å². The van der Waals surface area contributed by atoms with Crippen LogP contribution in [0.4, 0.5) is 0 Å². The Bertz CT molecular complexity index is 1300. The number of aliphatic hydroxyl groups excluding tert-OH is 1. The van der Waals surface area contributed by atoms with Crippen LogP contribution in [0.1, 0.15) is 42.9 Å². The summed E-state index contributed by atoms with van der Waals surface area (Å²) in [5.41, 5.74) is 2.96. The molecule has 5 nitrogen and oxygen atoms in total. The molecule has 1 saturated carbocycles. The van der Waals surface area contributed by atoms with Crippen LogP contribution in [0.2, 0.25) is 0 Å². The summed E-state index contributed by atoms with van der Waals surface area (Å²) in [6, 6.07) is 12.0. The Hall–Kier alpha value is -2.70. The summed E-state index contributed by atoms with van der Waals surface area (Å²) >= 11 is 1.62.